The van der Waals surface area contributed by atoms with Gasteiger partial charge < -0.3 is 19.5 Å². The summed E-state index contributed by atoms with van der Waals surface area (Å²) < 4.78 is 15.9. The number of benzene rings is 2. The van der Waals surface area contributed by atoms with Crippen LogP contribution in [0.4, 0.5) is 0 Å². The van der Waals surface area contributed by atoms with Gasteiger partial charge in [0.05, 0.1) is 19.2 Å². The van der Waals surface area contributed by atoms with Gasteiger partial charge >= 0.3 is 0 Å². The first kappa shape index (κ1) is 18.2. The fraction of sp³-hybridized carbons (Fsp3) is 0.235. The van der Waals surface area contributed by atoms with Crippen molar-refractivity contribution in [1.29, 1.82) is 0 Å². The smallest absolute Gasteiger partial charge is 0.258 e. The lowest BCUT2D eigenvalue weighted by Gasteiger charge is -2.13. The Morgan fingerprint density at radius 1 is 1.08 bits per heavy atom. The van der Waals surface area contributed by atoms with E-state index in [1.54, 1.807) is 38.5 Å². The summed E-state index contributed by atoms with van der Waals surface area (Å²) in [6.45, 7) is 0.130. The predicted molar refractivity (Wildman–Crippen MR) is 93.3 cm³/mol. The molecule has 0 saturated heterocycles. The van der Waals surface area contributed by atoms with Crippen LogP contribution >= 0.6 is 23.2 Å². The first-order chi connectivity index (χ1) is 11.5. The Morgan fingerprint density at radius 2 is 1.88 bits per heavy atom. The van der Waals surface area contributed by atoms with Crippen molar-refractivity contribution < 1.29 is 19.0 Å². The van der Waals surface area contributed by atoms with Crippen LogP contribution in [0.5, 0.6) is 17.2 Å². The summed E-state index contributed by atoms with van der Waals surface area (Å²) in [6, 6.07) is 10.3. The highest BCUT2D eigenvalue weighted by Crippen LogP contribution is 2.30. The van der Waals surface area contributed by atoms with Crippen molar-refractivity contribution in [2.24, 2.45) is 0 Å². The van der Waals surface area contributed by atoms with E-state index >= 15 is 0 Å². The Balaban J connectivity index is 1.92. The van der Waals surface area contributed by atoms with Crippen molar-refractivity contribution >= 4 is 29.1 Å². The molecule has 2 rings (SSSR count). The number of amides is 1. The molecule has 0 saturated carbocycles. The van der Waals surface area contributed by atoms with Crippen molar-refractivity contribution in [2.75, 3.05) is 20.8 Å². The molecular formula is C17H17Cl2NO4. The van der Waals surface area contributed by atoms with E-state index in [0.29, 0.717) is 27.3 Å². The van der Waals surface area contributed by atoms with Crippen molar-refractivity contribution in [3.8, 4) is 17.2 Å². The number of carbonyl (C=O) groups excluding carboxylic acids is 1. The Bertz CT molecular complexity index is 722. The lowest BCUT2D eigenvalue weighted by molar-refractivity contribution is -0.123. The van der Waals surface area contributed by atoms with Crippen LogP contribution in [0.3, 0.4) is 0 Å². The van der Waals surface area contributed by atoms with Crippen molar-refractivity contribution in [2.45, 2.75) is 6.54 Å². The van der Waals surface area contributed by atoms with E-state index in [1.165, 1.54) is 0 Å². The molecule has 0 aliphatic heterocycles. The molecule has 0 aliphatic rings. The fourth-order valence-electron chi connectivity index (χ4n) is 2.07. The number of carbonyl (C=O) groups is 1. The molecule has 7 heteroatoms. The van der Waals surface area contributed by atoms with E-state index < -0.39 is 0 Å². The minimum atomic E-state index is -0.286. The molecule has 5 nitrogen and oxygen atoms in total. The van der Waals surface area contributed by atoms with Crippen LogP contribution in [-0.4, -0.2) is 26.7 Å². The highest BCUT2D eigenvalue weighted by Gasteiger charge is 2.11. The van der Waals surface area contributed by atoms with Gasteiger partial charge in [-0.15, -0.1) is 0 Å². The summed E-state index contributed by atoms with van der Waals surface area (Å²) in [5, 5.41) is 3.61. The van der Waals surface area contributed by atoms with Gasteiger partial charge in [-0.2, -0.15) is 0 Å². The van der Waals surface area contributed by atoms with E-state index in [9.17, 15) is 4.79 Å². The molecule has 1 amide bonds. The first-order valence-corrected chi connectivity index (χ1v) is 7.85. The minimum Gasteiger partial charge on any atom is -0.493 e. The SMILES string of the molecule is COc1cccc(CNC(=O)COc2ccc(Cl)cc2Cl)c1OC. The van der Waals surface area contributed by atoms with Gasteiger partial charge in [0.2, 0.25) is 0 Å². The molecule has 128 valence electrons. The lowest BCUT2D eigenvalue weighted by atomic mass is 10.2. The number of nitrogens with one attached hydrogen (secondary N) is 1. The number of ether oxygens (including phenoxy) is 3. The molecule has 0 radical (unpaired) electrons. The average Bonchev–Trinajstić information content (AvgIpc) is 2.58. The second-order valence-electron chi connectivity index (χ2n) is 4.79. The van der Waals surface area contributed by atoms with E-state index in [4.69, 9.17) is 37.4 Å². The van der Waals surface area contributed by atoms with Gasteiger partial charge in [0.25, 0.3) is 5.91 Å². The normalized spacial score (nSPS) is 10.2. The molecule has 0 spiro atoms. The molecule has 2 aromatic carbocycles. The summed E-state index contributed by atoms with van der Waals surface area (Å²) in [7, 11) is 3.11. The monoisotopic (exact) mass is 369 g/mol. The van der Waals surface area contributed by atoms with Crippen LogP contribution in [0.2, 0.25) is 10.0 Å². The van der Waals surface area contributed by atoms with Crippen molar-refractivity contribution in [3.63, 3.8) is 0 Å². The lowest BCUT2D eigenvalue weighted by Crippen LogP contribution is -2.28. The van der Waals surface area contributed by atoms with Gasteiger partial charge in [-0.1, -0.05) is 35.3 Å². The van der Waals surface area contributed by atoms with E-state index in [2.05, 4.69) is 5.32 Å². The molecule has 1 N–H and O–H groups in total. The Hall–Kier alpha value is -2.11. The molecule has 0 atom stereocenters. The zero-order valence-corrected chi connectivity index (χ0v) is 14.8. The molecule has 0 bridgehead atoms. The molecule has 0 aromatic heterocycles. The van der Waals surface area contributed by atoms with Crippen LogP contribution < -0.4 is 19.5 Å². The topological polar surface area (TPSA) is 56.8 Å². The van der Waals surface area contributed by atoms with E-state index in [0.717, 1.165) is 5.56 Å². The summed E-state index contributed by atoms with van der Waals surface area (Å²) >= 11 is 11.8. The molecule has 2 aromatic rings. The third-order valence-electron chi connectivity index (χ3n) is 3.21. The number of rotatable bonds is 7. The highest BCUT2D eigenvalue weighted by molar-refractivity contribution is 6.35. The summed E-state index contributed by atoms with van der Waals surface area (Å²) in [5.74, 6) is 1.30. The van der Waals surface area contributed by atoms with Gasteiger partial charge in [-0.3, -0.25) is 4.79 Å². The molecule has 0 aliphatic carbocycles. The second kappa shape index (κ2) is 8.66. The number of hydrogen-bond acceptors (Lipinski definition) is 4. The van der Waals surface area contributed by atoms with Crippen LogP contribution in [0, 0.1) is 0 Å². The van der Waals surface area contributed by atoms with Crippen LogP contribution in [-0.2, 0) is 11.3 Å². The number of methoxy groups -OCH3 is 2. The second-order valence-corrected chi connectivity index (χ2v) is 5.64. The van der Waals surface area contributed by atoms with Crippen LogP contribution in [0.1, 0.15) is 5.56 Å². The largest absolute Gasteiger partial charge is 0.493 e. The summed E-state index contributed by atoms with van der Waals surface area (Å²) in [6.07, 6.45) is 0. The zero-order valence-electron chi connectivity index (χ0n) is 13.3. The minimum absolute atomic E-state index is 0.159. The van der Waals surface area contributed by atoms with Crippen molar-refractivity contribution in [1.82, 2.24) is 5.32 Å². The Labute approximate surface area is 150 Å². The number of halogens is 2. The predicted octanol–water partition coefficient (Wildman–Crippen LogP) is 3.71. The standard InChI is InChI=1S/C17H17Cl2NO4/c1-22-15-5-3-4-11(17(15)23-2)9-20-16(21)10-24-14-7-6-12(18)8-13(14)19/h3-8H,9-10H2,1-2H3,(H,20,21). The van der Waals surface area contributed by atoms with Gasteiger partial charge in [0, 0.05) is 17.1 Å². The quantitative estimate of drug-likeness (QED) is 0.808. The van der Waals surface area contributed by atoms with Gasteiger partial charge in [0.15, 0.2) is 18.1 Å². The summed E-state index contributed by atoms with van der Waals surface area (Å²) in [4.78, 5) is 11.9. The number of hydrogen-bond donors (Lipinski definition) is 1. The molecule has 0 heterocycles. The average molecular weight is 370 g/mol. The third-order valence-corrected chi connectivity index (χ3v) is 3.74. The Kier molecular flexibility index (Phi) is 6.58. The van der Waals surface area contributed by atoms with Crippen molar-refractivity contribution in [3.05, 3.63) is 52.0 Å². The van der Waals surface area contributed by atoms with Crippen LogP contribution in [0.15, 0.2) is 36.4 Å². The van der Waals surface area contributed by atoms with Crippen LogP contribution in [0.25, 0.3) is 0 Å². The van der Waals surface area contributed by atoms with Gasteiger partial charge in [-0.25, -0.2) is 0 Å². The van der Waals surface area contributed by atoms with E-state index in [1.807, 2.05) is 12.1 Å². The van der Waals surface area contributed by atoms with Gasteiger partial charge in [-0.05, 0) is 24.3 Å². The van der Waals surface area contributed by atoms with E-state index in [-0.39, 0.29) is 19.1 Å². The molecule has 0 unspecified atom stereocenters. The highest BCUT2D eigenvalue weighted by atomic mass is 35.5. The molecule has 24 heavy (non-hydrogen) atoms. The first-order valence-electron chi connectivity index (χ1n) is 7.09. The fourth-order valence-corrected chi connectivity index (χ4v) is 2.54. The maximum Gasteiger partial charge on any atom is 0.258 e. The third kappa shape index (κ3) is 4.69. The maximum atomic E-state index is 11.9. The molecular weight excluding hydrogens is 353 g/mol. The number of para-hydroxylation sites is 1. The zero-order chi connectivity index (χ0) is 17.5. The maximum absolute atomic E-state index is 11.9. The Morgan fingerprint density at radius 3 is 2.54 bits per heavy atom. The molecule has 0 fully saturated rings. The summed E-state index contributed by atoms with van der Waals surface area (Å²) in [5.41, 5.74) is 0.801. The van der Waals surface area contributed by atoms with Gasteiger partial charge in [0.1, 0.15) is 5.75 Å².